The molecule has 128 valence electrons. The molecule has 7 nitrogen and oxygen atoms in total. The zero-order valence-electron chi connectivity index (χ0n) is 13.7. The number of carbonyl (C=O) groups is 2. The van der Waals surface area contributed by atoms with E-state index in [9.17, 15) is 9.59 Å². The van der Waals surface area contributed by atoms with Crippen LogP contribution in [0.5, 0.6) is 0 Å². The van der Waals surface area contributed by atoms with E-state index in [1.54, 1.807) is 6.92 Å². The predicted molar refractivity (Wildman–Crippen MR) is 88.8 cm³/mol. The fraction of sp³-hybridized carbons (Fsp3) is 0.500. The first-order valence-electron chi connectivity index (χ1n) is 7.95. The minimum absolute atomic E-state index is 0.0268. The fourth-order valence-electron chi connectivity index (χ4n) is 2.81. The van der Waals surface area contributed by atoms with Crippen LogP contribution in [-0.4, -0.2) is 39.9 Å². The van der Waals surface area contributed by atoms with E-state index in [0.717, 1.165) is 24.3 Å². The first-order valence-corrected chi connectivity index (χ1v) is 8.77. The number of aromatic nitrogens is 2. The van der Waals surface area contributed by atoms with E-state index in [2.05, 4.69) is 15.5 Å². The Labute approximate surface area is 144 Å². The monoisotopic (exact) mass is 348 g/mol. The van der Waals surface area contributed by atoms with Crippen LogP contribution in [0.15, 0.2) is 16.7 Å². The smallest absolute Gasteiger partial charge is 0.263 e. The third-order valence-corrected chi connectivity index (χ3v) is 5.07. The van der Waals surface area contributed by atoms with Crippen LogP contribution in [0.1, 0.15) is 51.9 Å². The molecule has 1 N–H and O–H groups in total. The largest absolute Gasteiger partial charge is 0.351 e. The van der Waals surface area contributed by atoms with Gasteiger partial charge in [-0.05, 0) is 25.0 Å². The van der Waals surface area contributed by atoms with Gasteiger partial charge in [0.1, 0.15) is 0 Å². The topological polar surface area (TPSA) is 88.3 Å². The summed E-state index contributed by atoms with van der Waals surface area (Å²) in [7, 11) is 0. The van der Waals surface area contributed by atoms with Crippen LogP contribution in [0.4, 0.5) is 0 Å². The number of amides is 2. The molecule has 0 spiro atoms. The van der Waals surface area contributed by atoms with E-state index in [1.165, 1.54) is 18.3 Å². The van der Waals surface area contributed by atoms with Gasteiger partial charge in [0.15, 0.2) is 5.82 Å². The Hall–Kier alpha value is -2.22. The van der Waals surface area contributed by atoms with E-state index >= 15 is 0 Å². The summed E-state index contributed by atoms with van der Waals surface area (Å²) in [5.74, 6) is 1.31. The second kappa shape index (κ2) is 7.12. The van der Waals surface area contributed by atoms with Crippen LogP contribution in [0.3, 0.4) is 0 Å². The number of nitrogens with one attached hydrogen (secondary N) is 1. The molecule has 24 heavy (non-hydrogen) atoms. The zero-order valence-corrected chi connectivity index (χ0v) is 14.6. The zero-order chi connectivity index (χ0) is 17.1. The van der Waals surface area contributed by atoms with Crippen LogP contribution in [0.25, 0.3) is 0 Å². The van der Waals surface area contributed by atoms with Crippen molar-refractivity contribution in [3.05, 3.63) is 33.6 Å². The third-order valence-electron chi connectivity index (χ3n) is 4.00. The standard InChI is InChI=1S/C16H20N4O3S/c1-10(21)17-8-13-5-6-14(24-13)16(22)20-7-3-4-12(9-20)15-18-11(2)23-19-15/h5-6,12H,3-4,7-9H2,1-2H3,(H,17,21)/t12-/m1/s1. The summed E-state index contributed by atoms with van der Waals surface area (Å²) in [6.07, 6.45) is 1.88. The highest BCUT2D eigenvalue weighted by Gasteiger charge is 2.28. The number of thiophene rings is 1. The highest BCUT2D eigenvalue weighted by molar-refractivity contribution is 7.14. The third kappa shape index (κ3) is 3.81. The molecular weight excluding hydrogens is 328 g/mol. The highest BCUT2D eigenvalue weighted by Crippen LogP contribution is 2.27. The molecule has 3 rings (SSSR count). The number of nitrogens with zero attached hydrogens (tertiary/aromatic N) is 3. The number of rotatable bonds is 4. The molecule has 1 fully saturated rings. The lowest BCUT2D eigenvalue weighted by atomic mass is 9.97. The molecule has 2 aromatic rings. The van der Waals surface area contributed by atoms with Crippen LogP contribution in [0.2, 0.25) is 0 Å². The number of likely N-dealkylation sites (tertiary alicyclic amines) is 1. The minimum Gasteiger partial charge on any atom is -0.351 e. The maximum Gasteiger partial charge on any atom is 0.263 e. The Kier molecular flexibility index (Phi) is 4.94. The van der Waals surface area contributed by atoms with Gasteiger partial charge in [0, 0.05) is 37.7 Å². The summed E-state index contributed by atoms with van der Waals surface area (Å²) in [6, 6.07) is 3.71. The Morgan fingerprint density at radius 3 is 3.00 bits per heavy atom. The lowest BCUT2D eigenvalue weighted by molar-refractivity contribution is -0.119. The Morgan fingerprint density at radius 2 is 2.29 bits per heavy atom. The van der Waals surface area contributed by atoms with E-state index < -0.39 is 0 Å². The summed E-state index contributed by atoms with van der Waals surface area (Å²) in [4.78, 5) is 31.5. The first kappa shape index (κ1) is 16.6. The summed E-state index contributed by atoms with van der Waals surface area (Å²) in [5, 5.41) is 6.73. The van der Waals surface area contributed by atoms with Crippen molar-refractivity contribution in [3.8, 4) is 0 Å². The molecule has 0 radical (unpaired) electrons. The van der Waals surface area contributed by atoms with Crippen molar-refractivity contribution in [2.45, 2.75) is 39.2 Å². The fourth-order valence-corrected chi connectivity index (χ4v) is 3.72. The molecule has 8 heteroatoms. The molecule has 0 aliphatic carbocycles. The van der Waals surface area contributed by atoms with Gasteiger partial charge in [-0.3, -0.25) is 9.59 Å². The molecule has 1 aliphatic rings. The van der Waals surface area contributed by atoms with Gasteiger partial charge in [-0.15, -0.1) is 11.3 Å². The lowest BCUT2D eigenvalue weighted by Crippen LogP contribution is -2.39. The Bertz CT molecular complexity index is 739. The molecule has 0 bridgehead atoms. The maximum absolute atomic E-state index is 12.7. The summed E-state index contributed by atoms with van der Waals surface area (Å²) < 4.78 is 5.05. The van der Waals surface area contributed by atoms with Crippen molar-refractivity contribution >= 4 is 23.2 Å². The van der Waals surface area contributed by atoms with Crippen LogP contribution in [0, 0.1) is 6.92 Å². The summed E-state index contributed by atoms with van der Waals surface area (Å²) in [6.45, 7) is 5.05. The molecule has 0 unspecified atom stereocenters. The second-order valence-electron chi connectivity index (χ2n) is 5.94. The van der Waals surface area contributed by atoms with E-state index in [1.807, 2.05) is 17.0 Å². The second-order valence-corrected chi connectivity index (χ2v) is 7.11. The number of piperidine rings is 1. The molecule has 1 saturated heterocycles. The van der Waals surface area contributed by atoms with Crippen molar-refractivity contribution in [2.75, 3.05) is 13.1 Å². The van der Waals surface area contributed by atoms with E-state index in [4.69, 9.17) is 4.52 Å². The Morgan fingerprint density at radius 1 is 1.46 bits per heavy atom. The van der Waals surface area contributed by atoms with Gasteiger partial charge in [-0.1, -0.05) is 5.16 Å². The molecule has 0 aromatic carbocycles. The van der Waals surface area contributed by atoms with Crippen molar-refractivity contribution in [1.82, 2.24) is 20.4 Å². The number of carbonyl (C=O) groups excluding carboxylic acids is 2. The average molecular weight is 348 g/mol. The van der Waals surface area contributed by atoms with Crippen molar-refractivity contribution in [1.29, 1.82) is 0 Å². The van der Waals surface area contributed by atoms with Gasteiger partial charge in [-0.2, -0.15) is 4.98 Å². The van der Waals surface area contributed by atoms with Crippen LogP contribution in [-0.2, 0) is 11.3 Å². The Balaban J connectivity index is 1.65. The van der Waals surface area contributed by atoms with Gasteiger partial charge >= 0.3 is 0 Å². The summed E-state index contributed by atoms with van der Waals surface area (Å²) >= 11 is 1.42. The normalized spacial score (nSPS) is 17.8. The number of aryl methyl sites for hydroxylation is 1. The van der Waals surface area contributed by atoms with E-state index in [0.29, 0.717) is 29.7 Å². The van der Waals surface area contributed by atoms with Crippen molar-refractivity contribution in [3.63, 3.8) is 0 Å². The van der Waals surface area contributed by atoms with Gasteiger partial charge in [0.2, 0.25) is 11.8 Å². The molecule has 2 amide bonds. The van der Waals surface area contributed by atoms with Crippen LogP contribution >= 0.6 is 11.3 Å². The van der Waals surface area contributed by atoms with Gasteiger partial charge < -0.3 is 14.7 Å². The highest BCUT2D eigenvalue weighted by atomic mass is 32.1. The molecule has 1 aliphatic heterocycles. The van der Waals surface area contributed by atoms with Crippen LogP contribution < -0.4 is 5.32 Å². The predicted octanol–water partition coefficient (Wildman–Crippen LogP) is 2.10. The quantitative estimate of drug-likeness (QED) is 0.914. The number of hydrogen-bond donors (Lipinski definition) is 1. The minimum atomic E-state index is -0.0782. The summed E-state index contributed by atoms with van der Waals surface area (Å²) in [5.41, 5.74) is 0. The first-order chi connectivity index (χ1) is 11.5. The molecule has 3 heterocycles. The lowest BCUT2D eigenvalue weighted by Gasteiger charge is -2.30. The SMILES string of the molecule is CC(=O)NCc1ccc(C(=O)N2CCC[C@@H](c3noc(C)n3)C2)s1. The van der Waals surface area contributed by atoms with Gasteiger partial charge in [0.25, 0.3) is 5.91 Å². The van der Waals surface area contributed by atoms with Crippen molar-refractivity contribution in [2.24, 2.45) is 0 Å². The number of hydrogen-bond acceptors (Lipinski definition) is 6. The van der Waals surface area contributed by atoms with Crippen molar-refractivity contribution < 1.29 is 14.1 Å². The van der Waals surface area contributed by atoms with Gasteiger partial charge in [0.05, 0.1) is 11.4 Å². The molecule has 2 aromatic heterocycles. The average Bonchev–Trinajstić information content (AvgIpc) is 3.21. The maximum atomic E-state index is 12.7. The van der Waals surface area contributed by atoms with Gasteiger partial charge in [-0.25, -0.2) is 0 Å². The molecular formula is C16H20N4O3S. The molecule has 0 saturated carbocycles. The van der Waals surface area contributed by atoms with E-state index in [-0.39, 0.29) is 17.7 Å². The molecule has 1 atom stereocenters.